The van der Waals surface area contributed by atoms with Crippen molar-refractivity contribution < 1.29 is 18.0 Å². The number of halogens is 3. The second-order valence-electron chi connectivity index (χ2n) is 6.58. The van der Waals surface area contributed by atoms with Crippen molar-refractivity contribution in [2.24, 2.45) is 0 Å². The lowest BCUT2D eigenvalue weighted by Gasteiger charge is -2.16. The van der Waals surface area contributed by atoms with Gasteiger partial charge in [0.15, 0.2) is 11.0 Å². The maximum atomic E-state index is 12.9. The SMILES string of the molecule is O=C1C(Cl)=C(Nc2ccc(S(=O)(=O)Nc3ccc(Cl)nn3)cc2)C(=O)N1c1ccccc1Cl. The number of sulfonamides is 1. The zero-order chi connectivity index (χ0) is 23.8. The van der Waals surface area contributed by atoms with Gasteiger partial charge in [-0.2, -0.15) is 0 Å². The summed E-state index contributed by atoms with van der Waals surface area (Å²) >= 11 is 17.9. The van der Waals surface area contributed by atoms with Gasteiger partial charge in [0, 0.05) is 5.69 Å². The summed E-state index contributed by atoms with van der Waals surface area (Å²) in [6, 6.07) is 14.5. The second kappa shape index (κ2) is 8.99. The summed E-state index contributed by atoms with van der Waals surface area (Å²) in [5, 5.41) is 9.99. The number of carbonyl (C=O) groups excluding carboxylic acids is 2. The number of rotatable bonds is 6. The van der Waals surface area contributed by atoms with Gasteiger partial charge < -0.3 is 5.32 Å². The second-order valence-corrected chi connectivity index (χ2v) is 9.44. The summed E-state index contributed by atoms with van der Waals surface area (Å²) in [5.74, 6) is -1.43. The van der Waals surface area contributed by atoms with Gasteiger partial charge >= 0.3 is 0 Å². The fraction of sp³-hybridized carbons (Fsp3) is 0. The average molecular weight is 525 g/mol. The number of nitrogens with one attached hydrogen (secondary N) is 2. The van der Waals surface area contributed by atoms with Crippen LogP contribution < -0.4 is 14.9 Å². The molecule has 33 heavy (non-hydrogen) atoms. The minimum atomic E-state index is -3.96. The van der Waals surface area contributed by atoms with E-state index in [0.29, 0.717) is 5.69 Å². The first-order valence-corrected chi connectivity index (χ1v) is 11.7. The molecule has 2 aromatic carbocycles. The molecule has 0 bridgehead atoms. The topological polar surface area (TPSA) is 121 Å². The molecule has 13 heteroatoms. The third kappa shape index (κ3) is 4.64. The summed E-state index contributed by atoms with van der Waals surface area (Å²) < 4.78 is 27.4. The molecule has 9 nitrogen and oxygen atoms in total. The Kier molecular flexibility index (Phi) is 6.26. The van der Waals surface area contributed by atoms with Gasteiger partial charge in [-0.05, 0) is 48.5 Å². The first-order valence-electron chi connectivity index (χ1n) is 9.09. The van der Waals surface area contributed by atoms with E-state index < -0.39 is 21.8 Å². The van der Waals surface area contributed by atoms with Crippen molar-refractivity contribution in [2.45, 2.75) is 4.90 Å². The Morgan fingerprint density at radius 3 is 2.15 bits per heavy atom. The van der Waals surface area contributed by atoms with Crippen molar-refractivity contribution in [3.8, 4) is 0 Å². The fourth-order valence-electron chi connectivity index (χ4n) is 2.89. The van der Waals surface area contributed by atoms with Gasteiger partial charge in [-0.3, -0.25) is 14.3 Å². The van der Waals surface area contributed by atoms with E-state index >= 15 is 0 Å². The van der Waals surface area contributed by atoms with Crippen LogP contribution >= 0.6 is 34.8 Å². The highest BCUT2D eigenvalue weighted by Gasteiger charge is 2.39. The third-order valence-corrected chi connectivity index (χ3v) is 6.67. The number of benzene rings is 2. The molecule has 0 spiro atoms. The standard InChI is InChI=1S/C20H12Cl3N5O4S/c21-13-3-1-2-4-14(13)28-19(29)17(23)18(20(28)30)24-11-5-7-12(8-6-11)33(31,32)27-16-10-9-15(22)25-26-16/h1-10,24H,(H,26,27). The maximum Gasteiger partial charge on any atom is 0.283 e. The van der Waals surface area contributed by atoms with Crippen molar-refractivity contribution in [3.05, 3.63) is 81.6 Å². The summed E-state index contributed by atoms with van der Waals surface area (Å²) in [5.41, 5.74) is 0.365. The number of para-hydroxylation sites is 1. The molecule has 3 aromatic rings. The predicted octanol–water partition coefficient (Wildman–Crippen LogP) is 4.02. The molecule has 1 aliphatic rings. The number of amides is 2. The first-order chi connectivity index (χ1) is 15.7. The average Bonchev–Trinajstić information content (AvgIpc) is 2.99. The Bertz CT molecular complexity index is 1390. The van der Waals surface area contributed by atoms with Crippen LogP contribution in [-0.2, 0) is 19.6 Å². The zero-order valence-electron chi connectivity index (χ0n) is 16.3. The minimum Gasteiger partial charge on any atom is -0.350 e. The largest absolute Gasteiger partial charge is 0.350 e. The molecule has 0 saturated heterocycles. The van der Waals surface area contributed by atoms with Gasteiger partial charge in [0.05, 0.1) is 15.6 Å². The number of carbonyl (C=O) groups is 2. The third-order valence-electron chi connectivity index (χ3n) is 4.43. The summed E-state index contributed by atoms with van der Waals surface area (Å²) in [4.78, 5) is 26.2. The minimum absolute atomic E-state index is 0.00623. The van der Waals surface area contributed by atoms with Crippen LogP contribution in [0.25, 0.3) is 0 Å². The normalized spacial score (nSPS) is 14.1. The van der Waals surface area contributed by atoms with Crippen LogP contribution in [0.5, 0.6) is 0 Å². The lowest BCUT2D eigenvalue weighted by Crippen LogP contribution is -2.32. The van der Waals surface area contributed by atoms with Gasteiger partial charge in [-0.15, -0.1) is 10.2 Å². The van der Waals surface area contributed by atoms with Crippen LogP contribution in [-0.4, -0.2) is 30.4 Å². The van der Waals surface area contributed by atoms with Crippen LogP contribution in [0.4, 0.5) is 17.2 Å². The van der Waals surface area contributed by atoms with Crippen LogP contribution in [0.3, 0.4) is 0 Å². The van der Waals surface area contributed by atoms with Crippen molar-refractivity contribution in [2.75, 3.05) is 14.9 Å². The highest BCUT2D eigenvalue weighted by molar-refractivity contribution is 7.92. The fourth-order valence-corrected chi connectivity index (χ4v) is 4.42. The molecule has 0 aliphatic carbocycles. The molecule has 0 fully saturated rings. The monoisotopic (exact) mass is 523 g/mol. The van der Waals surface area contributed by atoms with Crippen LogP contribution in [0.2, 0.25) is 10.2 Å². The van der Waals surface area contributed by atoms with Gasteiger partial charge in [0.2, 0.25) is 0 Å². The van der Waals surface area contributed by atoms with E-state index in [-0.39, 0.29) is 37.3 Å². The summed E-state index contributed by atoms with van der Waals surface area (Å²) in [6.45, 7) is 0. The molecule has 2 heterocycles. The van der Waals surface area contributed by atoms with E-state index in [1.54, 1.807) is 18.2 Å². The lowest BCUT2D eigenvalue weighted by molar-refractivity contribution is -0.120. The molecule has 2 N–H and O–H groups in total. The van der Waals surface area contributed by atoms with Crippen LogP contribution in [0.15, 0.2) is 76.3 Å². The number of aromatic nitrogens is 2. The number of anilines is 3. The molecular weight excluding hydrogens is 513 g/mol. The molecule has 4 rings (SSSR count). The van der Waals surface area contributed by atoms with E-state index in [0.717, 1.165) is 4.90 Å². The number of nitrogens with zero attached hydrogens (tertiary/aromatic N) is 3. The van der Waals surface area contributed by atoms with Crippen LogP contribution in [0.1, 0.15) is 0 Å². The molecule has 0 radical (unpaired) electrons. The van der Waals surface area contributed by atoms with E-state index in [4.69, 9.17) is 34.8 Å². The molecule has 1 aromatic heterocycles. The Morgan fingerprint density at radius 1 is 0.818 bits per heavy atom. The van der Waals surface area contributed by atoms with E-state index in [2.05, 4.69) is 20.2 Å². The summed E-state index contributed by atoms with van der Waals surface area (Å²) in [6.07, 6.45) is 0. The van der Waals surface area contributed by atoms with E-state index in [1.165, 1.54) is 42.5 Å². The zero-order valence-corrected chi connectivity index (χ0v) is 19.4. The smallest absolute Gasteiger partial charge is 0.283 e. The Morgan fingerprint density at radius 2 is 1.52 bits per heavy atom. The van der Waals surface area contributed by atoms with Crippen molar-refractivity contribution in [3.63, 3.8) is 0 Å². The lowest BCUT2D eigenvalue weighted by atomic mass is 10.3. The van der Waals surface area contributed by atoms with Gasteiger partial charge in [0.25, 0.3) is 21.8 Å². The van der Waals surface area contributed by atoms with Gasteiger partial charge in [-0.25, -0.2) is 13.3 Å². The quantitative estimate of drug-likeness (QED) is 0.467. The highest BCUT2D eigenvalue weighted by Crippen LogP contribution is 2.34. The highest BCUT2D eigenvalue weighted by atomic mass is 35.5. The van der Waals surface area contributed by atoms with Crippen LogP contribution in [0, 0.1) is 0 Å². The molecule has 168 valence electrons. The van der Waals surface area contributed by atoms with Crippen molar-refractivity contribution >= 4 is 73.8 Å². The Labute approximate surface area is 203 Å². The molecule has 0 saturated carbocycles. The van der Waals surface area contributed by atoms with E-state index in [9.17, 15) is 18.0 Å². The number of hydrogen-bond acceptors (Lipinski definition) is 7. The molecule has 0 atom stereocenters. The first kappa shape index (κ1) is 23.0. The molecular formula is C20H12Cl3N5O4S. The van der Waals surface area contributed by atoms with Crippen molar-refractivity contribution in [1.29, 1.82) is 0 Å². The molecule has 2 amide bonds. The van der Waals surface area contributed by atoms with Crippen molar-refractivity contribution in [1.82, 2.24) is 10.2 Å². The number of hydrogen-bond donors (Lipinski definition) is 2. The number of imide groups is 1. The van der Waals surface area contributed by atoms with Gasteiger partial charge in [0.1, 0.15) is 10.7 Å². The molecule has 1 aliphatic heterocycles. The predicted molar refractivity (Wildman–Crippen MR) is 125 cm³/mol. The Hall–Kier alpha value is -3.18. The van der Waals surface area contributed by atoms with E-state index in [1.807, 2.05) is 0 Å². The molecule has 0 unspecified atom stereocenters. The maximum absolute atomic E-state index is 12.9. The summed E-state index contributed by atoms with van der Waals surface area (Å²) in [7, 11) is -3.96. The van der Waals surface area contributed by atoms with Gasteiger partial charge in [-0.1, -0.05) is 46.9 Å². The Balaban J connectivity index is 1.53.